The first kappa shape index (κ1) is 106. The third kappa shape index (κ3) is 21.4. The van der Waals surface area contributed by atoms with Gasteiger partial charge in [0.1, 0.15) is 63.7 Å². The molecular formula is C134H159N10+5. The highest BCUT2D eigenvalue weighted by Gasteiger charge is 2.33. The molecule has 0 aliphatic rings. The molecule has 0 aliphatic heterocycles. The summed E-state index contributed by atoms with van der Waals surface area (Å²) in [7, 11) is 10.7. The van der Waals surface area contributed by atoms with Crippen LogP contribution in [-0.4, -0.2) is 22.8 Å². The Balaban J connectivity index is 0.000000143. The lowest BCUT2D eigenvalue weighted by molar-refractivity contribution is -0.661. The lowest BCUT2D eigenvalue weighted by atomic mass is 9.88. The van der Waals surface area contributed by atoms with Crippen LogP contribution >= 0.6 is 0 Å². The van der Waals surface area contributed by atoms with Gasteiger partial charge >= 0.3 is 0 Å². The monoisotopic (exact) mass is 1910 g/mol. The van der Waals surface area contributed by atoms with Crippen molar-refractivity contribution < 1.29 is 22.8 Å². The van der Waals surface area contributed by atoms with Gasteiger partial charge in [0.05, 0.1) is 22.7 Å². The minimum absolute atomic E-state index is 0.406. The molecule has 10 heteroatoms. The van der Waals surface area contributed by atoms with E-state index in [4.69, 9.17) is 0 Å². The van der Waals surface area contributed by atoms with Crippen LogP contribution in [0, 0.1) is 145 Å². The van der Waals surface area contributed by atoms with Gasteiger partial charge in [-0.1, -0.05) is 233 Å². The Morgan fingerprint density at radius 1 is 0.201 bits per heavy atom. The van der Waals surface area contributed by atoms with E-state index in [9.17, 15) is 0 Å². The number of aryl methyl sites for hydroxylation is 15. The van der Waals surface area contributed by atoms with Gasteiger partial charge in [-0.2, -0.15) is 22.8 Å². The van der Waals surface area contributed by atoms with Crippen LogP contribution in [0.2, 0.25) is 0 Å². The average Bonchev–Trinajstić information content (AvgIpc) is 1.55. The largest absolute Gasteiger partial charge is 0.310 e. The second-order valence-electron chi connectivity index (χ2n) is 42.6. The zero-order valence-electron chi connectivity index (χ0n) is 93.4. The molecule has 0 spiro atoms. The fourth-order valence-electron chi connectivity index (χ4n) is 21.6. The molecule has 0 amide bonds. The molecule has 8 aromatic carbocycles. The first-order valence-corrected chi connectivity index (χ1v) is 52.0. The van der Waals surface area contributed by atoms with Gasteiger partial charge in [-0.05, 0) is 340 Å². The van der Waals surface area contributed by atoms with Crippen molar-refractivity contribution >= 4 is 0 Å². The van der Waals surface area contributed by atoms with E-state index in [0.29, 0.717) is 29.6 Å². The molecule has 0 unspecified atom stereocenters. The van der Waals surface area contributed by atoms with Gasteiger partial charge in [0.2, 0.25) is 28.5 Å². The maximum absolute atomic E-state index is 2.53. The Hall–Kier alpha value is -14.1. The summed E-state index contributed by atoms with van der Waals surface area (Å²) in [5.74, 6) is 2.23. The van der Waals surface area contributed by atoms with Gasteiger partial charge < -0.3 is 22.8 Å². The normalized spacial score (nSPS) is 11.4. The standard InChI is InChI=1S/C31H29N2.C31H37N2.C26H35N2.2C23H29N2/c1-22-18-19-29(32(4)20-22)30-24(3)23(2)21-33(30)31-27(25-12-7-5-8-13-25)16-11-17-28(31)26-14-9-6-10-15-26;1-20(2)27-16-26(25-12-10-9-11-13-25)17-28(21(3)4)31(27)33-19-23(6)24(7)30(33)29-15-14-22(5)18-32(29)8;1-16(2)22-11-10-12-23(17(3)4)26(22)28-21(8)19(6)20(7)25(28)24-14-13-18(5)15-27(24)9;1-14-9-10-21(24(8)13-14)23-19(6)18(5)20(7)25(23)22-16(3)11-15(2)12-17(22)4;1-15(2)20-10-8-9-11-21(20)25-19(6)17(4)18(5)23(25)22-13-12-16(3)14-24(22)7/h5-21H,1-4H3;9-21H,1-8H3;10-17H,1-9H3;9-13H,1-8H3;8-15H,1-7H3/q5*+1. The van der Waals surface area contributed by atoms with Crippen molar-refractivity contribution in [3.63, 3.8) is 0 Å². The van der Waals surface area contributed by atoms with Crippen LogP contribution in [0.4, 0.5) is 0 Å². The minimum Gasteiger partial charge on any atom is -0.310 e. The molecule has 10 nitrogen and oxygen atoms in total. The number of rotatable bonds is 18. The Labute approximate surface area is 863 Å². The van der Waals surface area contributed by atoms with E-state index >= 15 is 0 Å². The lowest BCUT2D eigenvalue weighted by Crippen LogP contribution is -2.32. The van der Waals surface area contributed by atoms with Crippen LogP contribution in [0.15, 0.2) is 280 Å². The highest BCUT2D eigenvalue weighted by atomic mass is 15.1. The van der Waals surface area contributed by atoms with Crippen LogP contribution in [0.3, 0.4) is 0 Å². The molecule has 0 N–H and O–H groups in total. The van der Waals surface area contributed by atoms with E-state index in [1.165, 1.54) is 264 Å². The second kappa shape index (κ2) is 44.4. The van der Waals surface area contributed by atoms with E-state index in [-0.39, 0.29) is 0 Å². The highest BCUT2D eigenvalue weighted by Crippen LogP contribution is 2.46. The molecule has 740 valence electrons. The fraction of sp³-hybridized carbons (Fsp3) is 0.306. The molecule has 0 aliphatic carbocycles. The van der Waals surface area contributed by atoms with Crippen molar-refractivity contribution in [2.75, 3.05) is 0 Å². The van der Waals surface area contributed by atoms with Crippen molar-refractivity contribution in [3.8, 4) is 119 Å². The zero-order valence-corrected chi connectivity index (χ0v) is 93.4. The molecule has 10 aromatic heterocycles. The molecule has 144 heavy (non-hydrogen) atoms. The van der Waals surface area contributed by atoms with Crippen LogP contribution in [-0.2, 0) is 35.2 Å². The van der Waals surface area contributed by atoms with Gasteiger partial charge in [-0.25, -0.2) is 0 Å². The molecule has 0 atom stereocenters. The smallest absolute Gasteiger partial charge is 0.229 e. The predicted molar refractivity (Wildman–Crippen MR) is 608 cm³/mol. The molecule has 10 heterocycles. The summed E-state index contributed by atoms with van der Waals surface area (Å²) in [5, 5.41) is 0. The third-order valence-electron chi connectivity index (χ3n) is 30.1. The number of para-hydroxylation sites is 3. The number of nitrogens with zero attached hydrogens (tertiary/aromatic N) is 10. The van der Waals surface area contributed by atoms with Crippen molar-refractivity contribution in [1.82, 2.24) is 22.8 Å². The SMILES string of the molecule is Cc1cc(C)c(-n2c(C)c(C)c(C)c2-c2ccc(C)c[n+]2C)c(C)c1.Cc1ccc(-c2c(C)c(C)c(C)n2-c2c(C(C)C)cccc2C(C)C)[n+](C)c1.Cc1ccc(-c2c(C)c(C)c(C)n2-c2ccccc2C(C)C)[n+](C)c1.Cc1ccc(-c2c(C)c(C)cn2-c2c(-c3ccccc3)cccc2-c2ccccc2)[n+](C)c1.Cc1ccc(-c2c(C)c(C)cn2-c2c(C(C)C)cc(-c3ccccc3)cc2C(C)C)[n+](C)c1. The van der Waals surface area contributed by atoms with Crippen LogP contribution in [0.1, 0.15) is 244 Å². The number of benzene rings is 8. The third-order valence-corrected chi connectivity index (χ3v) is 30.1. The predicted octanol–water partition coefficient (Wildman–Crippen LogP) is 31.9. The second-order valence-corrected chi connectivity index (χ2v) is 42.6. The van der Waals surface area contributed by atoms with E-state index in [0.717, 1.165) is 0 Å². The summed E-state index contributed by atoms with van der Waals surface area (Å²) in [5.41, 5.74) is 61.4. The topological polar surface area (TPSA) is 44.0 Å². The number of aromatic nitrogens is 10. The fourth-order valence-corrected chi connectivity index (χ4v) is 21.6. The Morgan fingerprint density at radius 2 is 0.486 bits per heavy atom. The first-order valence-electron chi connectivity index (χ1n) is 52.0. The van der Waals surface area contributed by atoms with Gasteiger partial charge in [-0.3, -0.25) is 0 Å². The summed E-state index contributed by atoms with van der Waals surface area (Å²) in [6, 6.07) is 86.1. The molecule has 0 radical (unpaired) electrons. The molecule has 0 saturated carbocycles. The Kier molecular flexibility index (Phi) is 32.6. The Bertz CT molecular complexity index is 7610. The van der Waals surface area contributed by atoms with Gasteiger partial charge in [-0.15, -0.1) is 0 Å². The van der Waals surface area contributed by atoms with Crippen LogP contribution in [0.5, 0.6) is 0 Å². The average molecular weight is 1910 g/mol. The molecule has 18 rings (SSSR count). The summed E-state index contributed by atoms with van der Waals surface area (Å²) in [4.78, 5) is 0. The van der Waals surface area contributed by atoms with Crippen molar-refractivity contribution in [2.45, 2.75) is 244 Å². The quantitative estimate of drug-likeness (QED) is 0.0769. The summed E-state index contributed by atoms with van der Waals surface area (Å²) in [6.45, 7) is 69.4. The first-order chi connectivity index (χ1) is 68.4. The maximum Gasteiger partial charge on any atom is 0.229 e. The van der Waals surface area contributed by atoms with Gasteiger partial charge in [0.25, 0.3) is 0 Å². The van der Waals surface area contributed by atoms with Gasteiger partial charge in [0.15, 0.2) is 31.0 Å². The molecule has 0 saturated heterocycles. The van der Waals surface area contributed by atoms with Crippen LogP contribution < -0.4 is 22.8 Å². The summed E-state index contributed by atoms with van der Waals surface area (Å²) < 4.78 is 23.5. The van der Waals surface area contributed by atoms with E-state index in [1.54, 1.807) is 0 Å². The maximum atomic E-state index is 2.53. The van der Waals surface area contributed by atoms with E-state index in [2.05, 4.69) is 576 Å². The van der Waals surface area contributed by atoms with Crippen LogP contribution in [0.25, 0.3) is 119 Å². The van der Waals surface area contributed by atoms with Gasteiger partial charge in [0, 0.05) is 104 Å². The zero-order chi connectivity index (χ0) is 104. The summed E-state index contributed by atoms with van der Waals surface area (Å²) >= 11 is 0. The van der Waals surface area contributed by atoms with E-state index in [1.807, 2.05) is 0 Å². The summed E-state index contributed by atoms with van der Waals surface area (Å²) in [6.07, 6.45) is 15.7. The highest BCUT2D eigenvalue weighted by molar-refractivity contribution is 5.88. The molecule has 0 bridgehead atoms. The molecular weight excluding hydrogens is 1750 g/mol. The van der Waals surface area contributed by atoms with Crippen molar-refractivity contribution in [1.29, 1.82) is 0 Å². The molecule has 0 fully saturated rings. The minimum atomic E-state index is 0.406. The number of hydrogen-bond acceptors (Lipinski definition) is 0. The lowest BCUT2D eigenvalue weighted by Gasteiger charge is -2.24. The number of hydrogen-bond donors (Lipinski definition) is 0. The van der Waals surface area contributed by atoms with E-state index < -0.39 is 0 Å². The molecule has 18 aromatic rings. The Morgan fingerprint density at radius 3 is 0.826 bits per heavy atom. The number of pyridine rings is 5. The van der Waals surface area contributed by atoms with Crippen molar-refractivity contribution in [2.24, 2.45) is 35.2 Å². The van der Waals surface area contributed by atoms with Crippen molar-refractivity contribution in [3.05, 3.63) is 425 Å².